The van der Waals surface area contributed by atoms with E-state index >= 15 is 0 Å². The lowest BCUT2D eigenvalue weighted by Crippen LogP contribution is -2.24. The molecule has 8 nitrogen and oxygen atoms in total. The van der Waals surface area contributed by atoms with E-state index in [1.165, 1.54) is 23.9 Å². The van der Waals surface area contributed by atoms with Crippen molar-refractivity contribution in [3.8, 4) is 0 Å². The maximum Gasteiger partial charge on any atom is 0.252 e. The zero-order valence-corrected chi connectivity index (χ0v) is 15.8. The standard InChI is InChI=1S/C15H22N6O2S2/c1-24-20-7-8-21(25-2)15(20)18-19-17-13-5-3-12(4-6-13)10-23-11-14(22)9-16/h3-8,14,22H,9-11,16H2,1-2H3/b19-17+. The van der Waals surface area contributed by atoms with Crippen molar-refractivity contribution in [1.82, 2.24) is 7.94 Å². The van der Waals surface area contributed by atoms with Gasteiger partial charge in [-0.05, 0) is 46.8 Å². The third-order valence-corrected chi connectivity index (χ3v) is 4.56. The summed E-state index contributed by atoms with van der Waals surface area (Å²) < 4.78 is 9.20. The van der Waals surface area contributed by atoms with E-state index < -0.39 is 6.10 Å². The SMILES string of the molecule is CSn1ccn(SC)c1=N/N=N/c1ccc(COCC(O)CN)cc1. The molecule has 2 aromatic rings. The van der Waals surface area contributed by atoms with Gasteiger partial charge in [-0.25, -0.2) is 0 Å². The van der Waals surface area contributed by atoms with Crippen LogP contribution in [-0.2, 0) is 11.3 Å². The van der Waals surface area contributed by atoms with Crippen molar-refractivity contribution >= 4 is 29.6 Å². The number of nitrogens with zero attached hydrogens (tertiary/aromatic N) is 5. The van der Waals surface area contributed by atoms with Gasteiger partial charge in [0.1, 0.15) is 0 Å². The summed E-state index contributed by atoms with van der Waals surface area (Å²) in [4.78, 5) is 0. The fourth-order valence-corrected chi connectivity index (χ4v) is 2.86. The number of aliphatic hydroxyl groups is 1. The molecule has 1 heterocycles. The minimum Gasteiger partial charge on any atom is -0.389 e. The zero-order chi connectivity index (χ0) is 18.1. The summed E-state index contributed by atoms with van der Waals surface area (Å²) in [5.41, 5.74) is 7.71. The summed E-state index contributed by atoms with van der Waals surface area (Å²) in [6.07, 6.45) is 7.15. The van der Waals surface area contributed by atoms with Crippen molar-refractivity contribution in [3.63, 3.8) is 0 Å². The second-order valence-corrected chi connectivity index (χ2v) is 6.49. The summed E-state index contributed by atoms with van der Waals surface area (Å²) in [7, 11) is 0. The van der Waals surface area contributed by atoms with E-state index in [0.29, 0.717) is 17.9 Å². The van der Waals surface area contributed by atoms with Gasteiger partial charge in [0.2, 0.25) is 0 Å². The lowest BCUT2D eigenvalue weighted by Gasteiger charge is -2.08. The van der Waals surface area contributed by atoms with Crippen molar-refractivity contribution in [1.29, 1.82) is 0 Å². The molecule has 0 aliphatic heterocycles. The Balaban J connectivity index is 1.98. The molecule has 1 aromatic carbocycles. The van der Waals surface area contributed by atoms with Gasteiger partial charge in [0.25, 0.3) is 5.62 Å². The van der Waals surface area contributed by atoms with Gasteiger partial charge in [0.15, 0.2) is 0 Å². The van der Waals surface area contributed by atoms with Crippen molar-refractivity contribution in [3.05, 3.63) is 47.8 Å². The molecule has 1 aromatic heterocycles. The first-order valence-electron chi connectivity index (χ1n) is 7.56. The number of aromatic nitrogens is 2. The number of nitrogens with two attached hydrogens (primary N) is 1. The lowest BCUT2D eigenvalue weighted by molar-refractivity contribution is 0.0329. The zero-order valence-electron chi connectivity index (χ0n) is 14.1. The van der Waals surface area contributed by atoms with Crippen LogP contribution in [0.15, 0.2) is 52.1 Å². The molecular weight excluding hydrogens is 360 g/mol. The molecule has 1 atom stereocenters. The molecule has 10 heteroatoms. The molecule has 0 fully saturated rings. The second kappa shape index (κ2) is 10.4. The van der Waals surface area contributed by atoms with E-state index in [0.717, 1.165) is 5.56 Å². The number of rotatable bonds is 9. The van der Waals surface area contributed by atoms with E-state index in [9.17, 15) is 5.11 Å². The summed E-state index contributed by atoms with van der Waals surface area (Å²) in [6.45, 7) is 0.828. The highest BCUT2D eigenvalue weighted by molar-refractivity contribution is 7.97. The Bertz CT molecular complexity index is 717. The Kier molecular flexibility index (Phi) is 8.22. The molecule has 0 amide bonds. The maximum atomic E-state index is 9.34. The molecule has 0 saturated heterocycles. The van der Waals surface area contributed by atoms with Gasteiger partial charge in [-0.2, -0.15) is 0 Å². The predicted octanol–water partition coefficient (Wildman–Crippen LogP) is 1.98. The molecule has 0 radical (unpaired) electrons. The van der Waals surface area contributed by atoms with Crippen LogP contribution in [0, 0.1) is 0 Å². The van der Waals surface area contributed by atoms with Crippen LogP contribution in [0.25, 0.3) is 0 Å². The van der Waals surface area contributed by atoms with Gasteiger partial charge in [-0.1, -0.05) is 17.2 Å². The van der Waals surface area contributed by atoms with Crippen LogP contribution in [0.1, 0.15) is 5.56 Å². The quantitative estimate of drug-likeness (QED) is 0.510. The van der Waals surface area contributed by atoms with Gasteiger partial charge in [0, 0.05) is 31.4 Å². The van der Waals surface area contributed by atoms with Crippen molar-refractivity contribution in [2.24, 2.45) is 21.2 Å². The Labute approximate surface area is 155 Å². The minimum absolute atomic E-state index is 0.194. The summed E-state index contributed by atoms with van der Waals surface area (Å²) in [5.74, 6) is 0. The fourth-order valence-electron chi connectivity index (χ4n) is 1.88. The van der Waals surface area contributed by atoms with Gasteiger partial charge in [-0.15, -0.1) is 5.11 Å². The Morgan fingerprint density at radius 2 is 1.80 bits per heavy atom. The van der Waals surface area contributed by atoms with Gasteiger partial charge in [0.05, 0.1) is 25.0 Å². The third kappa shape index (κ3) is 6.01. The monoisotopic (exact) mass is 382 g/mol. The largest absolute Gasteiger partial charge is 0.389 e. The van der Waals surface area contributed by atoms with Crippen LogP contribution in [0.4, 0.5) is 5.69 Å². The molecule has 0 saturated carbocycles. The average molecular weight is 383 g/mol. The second-order valence-electron chi connectivity index (χ2n) is 4.98. The van der Waals surface area contributed by atoms with E-state index in [1.54, 1.807) is 0 Å². The molecule has 136 valence electrons. The molecule has 2 rings (SSSR count). The number of aliphatic hydroxyl groups excluding tert-OH is 1. The smallest absolute Gasteiger partial charge is 0.252 e. The van der Waals surface area contributed by atoms with Gasteiger partial charge in [-0.3, -0.25) is 7.94 Å². The Morgan fingerprint density at radius 1 is 1.16 bits per heavy atom. The van der Waals surface area contributed by atoms with Crippen LogP contribution < -0.4 is 11.4 Å². The van der Waals surface area contributed by atoms with E-state index in [2.05, 4.69) is 15.4 Å². The number of hydrogen-bond acceptors (Lipinski definition) is 7. The van der Waals surface area contributed by atoms with Crippen LogP contribution in [-0.4, -0.2) is 44.8 Å². The van der Waals surface area contributed by atoms with E-state index in [4.69, 9.17) is 10.5 Å². The topological polar surface area (TPSA) is 102 Å². The molecule has 3 N–H and O–H groups in total. The molecule has 0 spiro atoms. The molecule has 0 bridgehead atoms. The molecule has 0 aliphatic carbocycles. The Hall–Kier alpha value is -1.59. The average Bonchev–Trinajstić information content (AvgIpc) is 3.04. The van der Waals surface area contributed by atoms with E-state index in [1.807, 2.05) is 57.1 Å². The number of benzene rings is 1. The lowest BCUT2D eigenvalue weighted by atomic mass is 10.2. The fraction of sp³-hybridized carbons (Fsp3) is 0.400. The van der Waals surface area contributed by atoms with Crippen molar-refractivity contribution in [2.45, 2.75) is 12.7 Å². The molecular formula is C15H22N6O2S2. The molecule has 1 unspecified atom stereocenters. The minimum atomic E-state index is -0.626. The van der Waals surface area contributed by atoms with Crippen LogP contribution in [0.2, 0.25) is 0 Å². The highest BCUT2D eigenvalue weighted by atomic mass is 32.2. The van der Waals surface area contributed by atoms with Crippen LogP contribution in [0.5, 0.6) is 0 Å². The van der Waals surface area contributed by atoms with Crippen molar-refractivity contribution < 1.29 is 9.84 Å². The third-order valence-electron chi connectivity index (χ3n) is 3.21. The summed E-state index contributed by atoms with van der Waals surface area (Å²) in [6, 6.07) is 7.48. The maximum absolute atomic E-state index is 9.34. The summed E-state index contributed by atoms with van der Waals surface area (Å²) >= 11 is 3.08. The van der Waals surface area contributed by atoms with Gasteiger partial charge < -0.3 is 15.6 Å². The number of hydrogen-bond donors (Lipinski definition) is 2. The number of imidazole rings is 1. The molecule has 0 aliphatic rings. The number of ether oxygens (including phenoxy) is 1. The first-order valence-corrected chi connectivity index (χ1v) is 9.92. The predicted molar refractivity (Wildman–Crippen MR) is 101 cm³/mol. The van der Waals surface area contributed by atoms with Crippen molar-refractivity contribution in [2.75, 3.05) is 25.7 Å². The van der Waals surface area contributed by atoms with Crippen LogP contribution >= 0.6 is 23.9 Å². The van der Waals surface area contributed by atoms with E-state index in [-0.39, 0.29) is 13.2 Å². The normalized spacial score (nSPS) is 12.6. The first kappa shape index (κ1) is 19.7. The Morgan fingerprint density at radius 3 is 2.36 bits per heavy atom. The summed E-state index contributed by atoms with van der Waals surface area (Å²) in [5, 5.41) is 21.6. The van der Waals surface area contributed by atoms with Gasteiger partial charge >= 0.3 is 0 Å². The highest BCUT2D eigenvalue weighted by Crippen LogP contribution is 2.14. The highest BCUT2D eigenvalue weighted by Gasteiger charge is 2.01. The molecule has 25 heavy (non-hydrogen) atoms. The van der Waals surface area contributed by atoms with Crippen LogP contribution in [0.3, 0.4) is 0 Å². The first-order chi connectivity index (χ1) is 12.2.